The van der Waals surface area contributed by atoms with Crippen molar-refractivity contribution in [3.63, 3.8) is 0 Å². The number of carbonyl (C=O) groups is 1. The van der Waals surface area contributed by atoms with E-state index in [4.69, 9.17) is 15.2 Å². The van der Waals surface area contributed by atoms with Crippen molar-refractivity contribution < 1.29 is 41.0 Å². The van der Waals surface area contributed by atoms with Crippen molar-refractivity contribution in [1.29, 1.82) is 0 Å². The molecule has 2 N–H and O–H groups in total. The summed E-state index contributed by atoms with van der Waals surface area (Å²) in [6.45, 7) is 0.742. The second kappa shape index (κ2) is 9.32. The zero-order valence-corrected chi connectivity index (χ0v) is 14.9. The van der Waals surface area contributed by atoms with Gasteiger partial charge >= 0.3 is 18.1 Å². The van der Waals surface area contributed by atoms with Crippen LogP contribution in [0.3, 0.4) is 0 Å². The summed E-state index contributed by atoms with van der Waals surface area (Å²) in [6.07, 6.45) is -5.70. The first-order chi connectivity index (χ1) is 12.4. The SMILES string of the molecule is CCOCC(C)(COCC(F)(F)C(F)(F)F)COC(=O)c1ccc(N)cc1. The molecule has 0 radical (unpaired) electrons. The van der Waals surface area contributed by atoms with Gasteiger partial charge in [0.1, 0.15) is 13.2 Å². The zero-order valence-electron chi connectivity index (χ0n) is 14.9. The van der Waals surface area contributed by atoms with E-state index in [2.05, 4.69) is 4.74 Å². The van der Waals surface area contributed by atoms with Crippen LogP contribution >= 0.6 is 0 Å². The lowest BCUT2D eigenvalue weighted by molar-refractivity contribution is -0.298. The van der Waals surface area contributed by atoms with Crippen molar-refractivity contribution in [2.45, 2.75) is 25.9 Å². The molecule has 0 bridgehead atoms. The molecule has 0 saturated carbocycles. The van der Waals surface area contributed by atoms with Crippen molar-refractivity contribution in [2.24, 2.45) is 5.41 Å². The number of carbonyl (C=O) groups excluding carboxylic acids is 1. The monoisotopic (exact) mass is 399 g/mol. The van der Waals surface area contributed by atoms with E-state index in [1.807, 2.05) is 0 Å². The van der Waals surface area contributed by atoms with E-state index in [9.17, 15) is 26.7 Å². The van der Waals surface area contributed by atoms with Gasteiger partial charge in [-0.3, -0.25) is 0 Å². The first-order valence-electron chi connectivity index (χ1n) is 8.03. The van der Waals surface area contributed by atoms with Crippen molar-refractivity contribution in [2.75, 3.05) is 38.8 Å². The van der Waals surface area contributed by atoms with Gasteiger partial charge in [-0.05, 0) is 31.2 Å². The minimum Gasteiger partial charge on any atom is -0.461 e. The molecule has 0 heterocycles. The van der Waals surface area contributed by atoms with E-state index < -0.39 is 36.7 Å². The number of benzene rings is 1. The second-order valence-electron chi connectivity index (χ2n) is 6.34. The molecule has 5 nitrogen and oxygen atoms in total. The van der Waals surface area contributed by atoms with E-state index >= 15 is 0 Å². The summed E-state index contributed by atoms with van der Waals surface area (Å²) in [5, 5.41) is 0. The van der Waals surface area contributed by atoms with Crippen LogP contribution in [0.25, 0.3) is 0 Å². The molecule has 0 saturated heterocycles. The lowest BCUT2D eigenvalue weighted by Gasteiger charge is -2.29. The number of esters is 1. The maximum Gasteiger partial charge on any atom is 0.455 e. The van der Waals surface area contributed by atoms with Crippen LogP contribution in [0.2, 0.25) is 0 Å². The minimum atomic E-state index is -5.70. The number of halogens is 5. The Morgan fingerprint density at radius 3 is 2.04 bits per heavy atom. The predicted octanol–water partition coefficient (Wildman–Crippen LogP) is 3.68. The Bertz CT molecular complexity index is 606. The molecule has 1 aromatic carbocycles. The van der Waals surface area contributed by atoms with E-state index in [0.29, 0.717) is 5.69 Å². The molecule has 0 aliphatic carbocycles. The number of alkyl halides is 5. The Hall–Kier alpha value is -1.94. The molecule has 0 fully saturated rings. The van der Waals surface area contributed by atoms with Gasteiger partial charge in [0.2, 0.25) is 0 Å². The molecule has 0 amide bonds. The molecule has 0 aliphatic rings. The fourth-order valence-electron chi connectivity index (χ4n) is 1.92. The van der Waals surface area contributed by atoms with E-state index in [-0.39, 0.29) is 25.4 Å². The maximum atomic E-state index is 12.9. The predicted molar refractivity (Wildman–Crippen MR) is 87.6 cm³/mol. The van der Waals surface area contributed by atoms with Crippen LogP contribution in [-0.4, -0.2) is 51.1 Å². The maximum absolute atomic E-state index is 12.9. The third-order valence-electron chi connectivity index (χ3n) is 3.50. The highest BCUT2D eigenvalue weighted by Crippen LogP contribution is 2.35. The van der Waals surface area contributed by atoms with Gasteiger partial charge in [0, 0.05) is 17.7 Å². The van der Waals surface area contributed by atoms with Crippen molar-refractivity contribution in [3.8, 4) is 0 Å². The van der Waals surface area contributed by atoms with E-state index in [1.54, 1.807) is 6.92 Å². The number of hydrogen-bond acceptors (Lipinski definition) is 5. The average Bonchev–Trinajstić information content (AvgIpc) is 2.57. The topological polar surface area (TPSA) is 70.8 Å². The molecular weight excluding hydrogens is 377 g/mol. The summed E-state index contributed by atoms with van der Waals surface area (Å²) in [7, 11) is 0. The van der Waals surface area contributed by atoms with Crippen LogP contribution in [0.5, 0.6) is 0 Å². The smallest absolute Gasteiger partial charge is 0.455 e. The molecule has 1 unspecified atom stereocenters. The van der Waals surface area contributed by atoms with Gasteiger partial charge in [-0.2, -0.15) is 22.0 Å². The Morgan fingerprint density at radius 2 is 1.52 bits per heavy atom. The van der Waals surface area contributed by atoms with Crippen molar-refractivity contribution in [3.05, 3.63) is 29.8 Å². The van der Waals surface area contributed by atoms with Crippen LogP contribution in [0.15, 0.2) is 24.3 Å². The third kappa shape index (κ3) is 7.30. The number of rotatable bonds is 10. The van der Waals surface area contributed by atoms with Crippen LogP contribution in [-0.2, 0) is 14.2 Å². The molecule has 1 atom stereocenters. The third-order valence-corrected chi connectivity index (χ3v) is 3.50. The van der Waals surface area contributed by atoms with Gasteiger partial charge in [0.05, 0.1) is 18.8 Å². The Morgan fingerprint density at radius 1 is 0.963 bits per heavy atom. The van der Waals surface area contributed by atoms with Gasteiger partial charge in [0.25, 0.3) is 0 Å². The van der Waals surface area contributed by atoms with E-state index in [0.717, 1.165) is 0 Å². The average molecular weight is 399 g/mol. The summed E-state index contributed by atoms with van der Waals surface area (Å²) in [4.78, 5) is 12.0. The first-order valence-corrected chi connectivity index (χ1v) is 8.03. The molecule has 0 spiro atoms. The molecule has 1 aromatic rings. The largest absolute Gasteiger partial charge is 0.461 e. The Balaban J connectivity index is 2.66. The summed E-state index contributed by atoms with van der Waals surface area (Å²) in [5.41, 5.74) is 5.07. The standard InChI is InChI=1S/C17H22F5NO4/c1-3-25-8-15(2,9-26-11-16(18,19)17(20,21)22)10-27-14(24)12-4-6-13(23)7-5-12/h4-7H,3,8-11,23H2,1-2H3. The van der Waals surface area contributed by atoms with Gasteiger partial charge in [-0.1, -0.05) is 6.92 Å². The molecular formula is C17H22F5NO4. The lowest BCUT2D eigenvalue weighted by atomic mass is 9.94. The first kappa shape index (κ1) is 23.1. The second-order valence-corrected chi connectivity index (χ2v) is 6.34. The van der Waals surface area contributed by atoms with Crippen LogP contribution in [0.4, 0.5) is 27.6 Å². The van der Waals surface area contributed by atoms with Gasteiger partial charge < -0.3 is 19.9 Å². The van der Waals surface area contributed by atoms with Gasteiger partial charge in [-0.15, -0.1) is 0 Å². The Kier molecular flexibility index (Phi) is 7.97. The molecule has 1 rings (SSSR count). The number of hydrogen-bond donors (Lipinski definition) is 1. The highest BCUT2D eigenvalue weighted by atomic mass is 19.4. The number of ether oxygens (including phenoxy) is 3. The van der Waals surface area contributed by atoms with Crippen molar-refractivity contribution in [1.82, 2.24) is 0 Å². The number of anilines is 1. The highest BCUT2D eigenvalue weighted by molar-refractivity contribution is 5.89. The normalized spacial score (nSPS) is 14.6. The van der Waals surface area contributed by atoms with Crippen LogP contribution in [0.1, 0.15) is 24.2 Å². The fraction of sp³-hybridized carbons (Fsp3) is 0.588. The quantitative estimate of drug-likeness (QED) is 0.369. The van der Waals surface area contributed by atoms with Crippen LogP contribution < -0.4 is 5.73 Å². The van der Waals surface area contributed by atoms with Gasteiger partial charge in [0.15, 0.2) is 0 Å². The van der Waals surface area contributed by atoms with E-state index in [1.165, 1.54) is 31.2 Å². The molecule has 0 aromatic heterocycles. The van der Waals surface area contributed by atoms with Crippen LogP contribution in [0, 0.1) is 5.41 Å². The van der Waals surface area contributed by atoms with Gasteiger partial charge in [-0.25, -0.2) is 4.79 Å². The minimum absolute atomic E-state index is 0.0594. The summed E-state index contributed by atoms with van der Waals surface area (Å²) in [5.74, 6) is -5.67. The highest BCUT2D eigenvalue weighted by Gasteiger charge is 2.57. The van der Waals surface area contributed by atoms with Crippen molar-refractivity contribution >= 4 is 11.7 Å². The Labute approximate surface area is 153 Å². The zero-order chi connectivity index (χ0) is 20.7. The molecule has 154 valence electrons. The number of nitrogen functional groups attached to an aromatic ring is 1. The lowest BCUT2D eigenvalue weighted by Crippen LogP contribution is -2.43. The summed E-state index contributed by atoms with van der Waals surface area (Å²) < 4.78 is 77.4. The fourth-order valence-corrected chi connectivity index (χ4v) is 1.92. The molecule has 0 aliphatic heterocycles. The molecule has 10 heteroatoms. The summed E-state index contributed by atoms with van der Waals surface area (Å²) >= 11 is 0. The molecule has 27 heavy (non-hydrogen) atoms. The summed E-state index contributed by atoms with van der Waals surface area (Å²) in [6, 6.07) is 5.88. The number of nitrogens with two attached hydrogens (primary N) is 1.